The van der Waals surface area contributed by atoms with Crippen LogP contribution in [0.2, 0.25) is 0 Å². The number of nitrogen functional groups attached to an aromatic ring is 1. The smallest absolute Gasteiger partial charge is 0.266 e. The van der Waals surface area contributed by atoms with Crippen molar-refractivity contribution in [3.63, 3.8) is 0 Å². The Morgan fingerprint density at radius 1 is 1.39 bits per heavy atom. The van der Waals surface area contributed by atoms with Gasteiger partial charge in [0, 0.05) is 19.2 Å². The number of amides is 1. The molecule has 0 unspecified atom stereocenters. The number of hydrogen-bond donors (Lipinski definition) is 1. The fourth-order valence-corrected chi connectivity index (χ4v) is 2.43. The summed E-state index contributed by atoms with van der Waals surface area (Å²) in [5.41, 5.74) is 6.64. The Bertz CT molecular complexity index is 568. The van der Waals surface area contributed by atoms with Gasteiger partial charge in [0.2, 0.25) is 0 Å². The molecule has 18 heavy (non-hydrogen) atoms. The van der Waals surface area contributed by atoms with Crippen LogP contribution in [0.5, 0.6) is 0 Å². The quantitative estimate of drug-likeness (QED) is 0.926. The van der Waals surface area contributed by atoms with Crippen molar-refractivity contribution >= 4 is 22.9 Å². The highest BCUT2D eigenvalue weighted by Crippen LogP contribution is 2.21. The summed E-state index contributed by atoms with van der Waals surface area (Å²) in [6.45, 7) is 0.225. The number of carbonyl (C=O) groups excluding carboxylic acids is 1. The van der Waals surface area contributed by atoms with Crippen LogP contribution < -0.4 is 5.73 Å². The first kappa shape index (κ1) is 12.6. The summed E-state index contributed by atoms with van der Waals surface area (Å²) in [5.74, 6) is -0.498. The highest BCUT2D eigenvalue weighted by atomic mass is 32.1. The van der Waals surface area contributed by atoms with Crippen molar-refractivity contribution in [2.45, 2.75) is 6.54 Å². The molecule has 0 saturated heterocycles. The molecule has 0 saturated carbocycles. The van der Waals surface area contributed by atoms with Gasteiger partial charge in [0.1, 0.15) is 10.7 Å². The zero-order chi connectivity index (χ0) is 13.1. The van der Waals surface area contributed by atoms with Crippen molar-refractivity contribution in [3.8, 4) is 0 Å². The third-order valence-electron chi connectivity index (χ3n) is 2.60. The molecule has 0 radical (unpaired) electrons. The van der Waals surface area contributed by atoms with Crippen molar-refractivity contribution in [2.24, 2.45) is 0 Å². The van der Waals surface area contributed by atoms with E-state index in [1.807, 2.05) is 0 Å². The van der Waals surface area contributed by atoms with Gasteiger partial charge >= 0.3 is 0 Å². The molecule has 0 spiro atoms. The van der Waals surface area contributed by atoms with E-state index in [0.29, 0.717) is 16.1 Å². The summed E-state index contributed by atoms with van der Waals surface area (Å²) < 4.78 is 13.5. The van der Waals surface area contributed by atoms with Crippen LogP contribution in [0.25, 0.3) is 0 Å². The monoisotopic (exact) mass is 264 g/mol. The van der Waals surface area contributed by atoms with Crippen LogP contribution in [0.4, 0.5) is 10.1 Å². The van der Waals surface area contributed by atoms with Gasteiger partial charge in [0.25, 0.3) is 5.91 Å². The van der Waals surface area contributed by atoms with Crippen LogP contribution in [-0.4, -0.2) is 17.9 Å². The number of nitrogens with two attached hydrogens (primary N) is 1. The zero-order valence-corrected chi connectivity index (χ0v) is 10.7. The third kappa shape index (κ3) is 2.51. The number of hydrogen-bond acceptors (Lipinski definition) is 3. The summed E-state index contributed by atoms with van der Waals surface area (Å²) in [6, 6.07) is 8.10. The van der Waals surface area contributed by atoms with E-state index < -0.39 is 0 Å². The van der Waals surface area contributed by atoms with Crippen LogP contribution in [0.3, 0.4) is 0 Å². The molecule has 1 aromatic carbocycles. The maximum atomic E-state index is 13.5. The number of rotatable bonds is 3. The molecule has 0 aliphatic carbocycles. The normalized spacial score (nSPS) is 10.3. The predicted molar refractivity (Wildman–Crippen MR) is 70.9 cm³/mol. The van der Waals surface area contributed by atoms with Gasteiger partial charge in [-0.15, -0.1) is 11.3 Å². The van der Waals surface area contributed by atoms with Crippen LogP contribution in [0, 0.1) is 5.82 Å². The van der Waals surface area contributed by atoms with E-state index in [-0.39, 0.29) is 18.3 Å². The van der Waals surface area contributed by atoms with Gasteiger partial charge in [-0.2, -0.15) is 0 Å². The molecule has 1 heterocycles. The van der Waals surface area contributed by atoms with E-state index in [2.05, 4.69) is 0 Å². The lowest BCUT2D eigenvalue weighted by molar-refractivity contribution is 0.0789. The van der Waals surface area contributed by atoms with E-state index in [1.165, 1.54) is 22.3 Å². The third-order valence-corrected chi connectivity index (χ3v) is 3.52. The Morgan fingerprint density at radius 3 is 2.72 bits per heavy atom. The van der Waals surface area contributed by atoms with E-state index in [1.54, 1.807) is 36.7 Å². The fraction of sp³-hybridized carbons (Fsp3) is 0.154. The molecule has 1 aromatic heterocycles. The van der Waals surface area contributed by atoms with Crippen LogP contribution in [0.15, 0.2) is 35.7 Å². The number of anilines is 1. The van der Waals surface area contributed by atoms with Gasteiger partial charge in [0.15, 0.2) is 0 Å². The van der Waals surface area contributed by atoms with Crippen molar-refractivity contribution in [1.82, 2.24) is 4.90 Å². The Kier molecular flexibility index (Phi) is 3.62. The molecule has 0 bridgehead atoms. The molecule has 1 amide bonds. The van der Waals surface area contributed by atoms with Crippen LogP contribution in [-0.2, 0) is 6.54 Å². The minimum absolute atomic E-state index is 0.189. The maximum Gasteiger partial charge on any atom is 0.266 e. The molecule has 3 nitrogen and oxygen atoms in total. The van der Waals surface area contributed by atoms with Gasteiger partial charge in [-0.1, -0.05) is 18.2 Å². The second-order valence-corrected chi connectivity index (χ2v) is 4.87. The molecular formula is C13H13FN2OS. The molecule has 0 aliphatic heterocycles. The molecule has 0 atom stereocenters. The molecule has 5 heteroatoms. The Morgan fingerprint density at radius 2 is 2.11 bits per heavy atom. The minimum atomic E-state index is -0.309. The van der Waals surface area contributed by atoms with Gasteiger partial charge in [-0.25, -0.2) is 4.39 Å². The SMILES string of the molecule is CN(Cc1ccccc1F)C(=O)c1sccc1N. The average molecular weight is 264 g/mol. The lowest BCUT2D eigenvalue weighted by atomic mass is 10.2. The second kappa shape index (κ2) is 5.18. The van der Waals surface area contributed by atoms with E-state index in [0.717, 1.165) is 0 Å². The van der Waals surface area contributed by atoms with Gasteiger partial charge in [0.05, 0.1) is 5.69 Å². The zero-order valence-electron chi connectivity index (χ0n) is 9.89. The van der Waals surface area contributed by atoms with E-state index in [9.17, 15) is 9.18 Å². The average Bonchev–Trinajstić information content (AvgIpc) is 2.77. The molecular weight excluding hydrogens is 251 g/mol. The number of carbonyl (C=O) groups is 1. The Hall–Kier alpha value is -1.88. The molecule has 2 rings (SSSR count). The molecule has 2 aromatic rings. The number of halogens is 1. The summed E-state index contributed by atoms with van der Waals surface area (Å²) in [5, 5.41) is 1.76. The number of thiophene rings is 1. The first-order valence-corrected chi connectivity index (χ1v) is 6.29. The van der Waals surface area contributed by atoms with Crippen LogP contribution >= 0.6 is 11.3 Å². The van der Waals surface area contributed by atoms with Gasteiger partial charge in [-0.3, -0.25) is 4.79 Å². The van der Waals surface area contributed by atoms with Crippen molar-refractivity contribution < 1.29 is 9.18 Å². The van der Waals surface area contributed by atoms with Gasteiger partial charge in [-0.05, 0) is 17.5 Å². The lowest BCUT2D eigenvalue weighted by Gasteiger charge is -2.17. The molecule has 0 aliphatic rings. The highest BCUT2D eigenvalue weighted by molar-refractivity contribution is 7.12. The molecule has 0 fully saturated rings. The van der Waals surface area contributed by atoms with Gasteiger partial charge < -0.3 is 10.6 Å². The second-order valence-electron chi connectivity index (χ2n) is 3.96. The summed E-state index contributed by atoms with van der Waals surface area (Å²) in [6.07, 6.45) is 0. The summed E-state index contributed by atoms with van der Waals surface area (Å²) in [7, 11) is 1.63. The maximum absolute atomic E-state index is 13.5. The highest BCUT2D eigenvalue weighted by Gasteiger charge is 2.17. The van der Waals surface area contributed by atoms with E-state index in [4.69, 9.17) is 5.73 Å². The standard InChI is InChI=1S/C13H13FN2OS/c1-16(8-9-4-2-3-5-10(9)14)13(17)12-11(15)6-7-18-12/h2-7H,8,15H2,1H3. The largest absolute Gasteiger partial charge is 0.397 e. The molecule has 94 valence electrons. The first-order valence-electron chi connectivity index (χ1n) is 5.41. The van der Waals surface area contributed by atoms with Crippen molar-refractivity contribution in [1.29, 1.82) is 0 Å². The van der Waals surface area contributed by atoms with Crippen molar-refractivity contribution in [2.75, 3.05) is 12.8 Å². The summed E-state index contributed by atoms with van der Waals surface area (Å²) in [4.78, 5) is 14.0. The molecule has 2 N–H and O–H groups in total. The van der Waals surface area contributed by atoms with Crippen molar-refractivity contribution in [3.05, 3.63) is 52.0 Å². The topological polar surface area (TPSA) is 46.3 Å². The predicted octanol–water partition coefficient (Wildman–Crippen LogP) is 2.74. The van der Waals surface area contributed by atoms with E-state index >= 15 is 0 Å². The summed E-state index contributed by atoms with van der Waals surface area (Å²) >= 11 is 1.29. The fourth-order valence-electron chi connectivity index (χ4n) is 1.62. The number of benzene rings is 1. The lowest BCUT2D eigenvalue weighted by Crippen LogP contribution is -2.26. The van der Waals surface area contributed by atoms with Crippen LogP contribution in [0.1, 0.15) is 15.2 Å². The minimum Gasteiger partial charge on any atom is -0.397 e. The Balaban J connectivity index is 2.14. The Labute approximate surface area is 109 Å². The first-order chi connectivity index (χ1) is 8.59. The number of nitrogens with zero attached hydrogens (tertiary/aromatic N) is 1.